The first kappa shape index (κ1) is 18.2. The van der Waals surface area contributed by atoms with E-state index in [-0.39, 0.29) is 17.3 Å². The lowest BCUT2D eigenvalue weighted by atomic mass is 9.66. The topological polar surface area (TPSA) is 26.8 Å². The molecule has 1 aliphatic carbocycles. The van der Waals surface area contributed by atoms with Gasteiger partial charge in [0.1, 0.15) is 5.82 Å². The van der Waals surface area contributed by atoms with Crippen LogP contribution in [-0.4, -0.2) is 42.2 Å². The first-order valence-electron chi connectivity index (χ1n) is 10.1. The van der Waals surface area contributed by atoms with Crippen LogP contribution in [0.25, 0.3) is 0 Å². The number of benzene rings is 1. The second kappa shape index (κ2) is 7.47. The molecule has 2 heterocycles. The second-order valence-electron chi connectivity index (χ2n) is 7.86. The molecule has 2 atom stereocenters. The van der Waals surface area contributed by atoms with Gasteiger partial charge in [-0.2, -0.15) is 0 Å². The van der Waals surface area contributed by atoms with E-state index in [1.807, 2.05) is 5.01 Å². The number of urea groups is 1. The molecule has 0 spiro atoms. The maximum absolute atomic E-state index is 13.2. The SMILES string of the molecule is CCC1([C@@H]2CCCN(N3CCN(c4ccc(F)cc4)C3=O)C2)C=CC=CC1. The smallest absolute Gasteiger partial charge is 0.291 e. The molecule has 0 radical (unpaired) electrons. The van der Waals surface area contributed by atoms with E-state index in [4.69, 9.17) is 0 Å². The fourth-order valence-corrected chi connectivity index (χ4v) is 4.83. The van der Waals surface area contributed by atoms with E-state index < -0.39 is 0 Å². The van der Waals surface area contributed by atoms with Gasteiger partial charge in [0.15, 0.2) is 0 Å². The van der Waals surface area contributed by atoms with Crippen molar-refractivity contribution in [2.75, 3.05) is 31.1 Å². The van der Waals surface area contributed by atoms with Crippen molar-refractivity contribution in [1.29, 1.82) is 0 Å². The minimum atomic E-state index is -0.277. The van der Waals surface area contributed by atoms with Crippen LogP contribution in [-0.2, 0) is 0 Å². The Bertz CT molecular complexity index is 744. The molecule has 2 amide bonds. The minimum absolute atomic E-state index is 0.00638. The van der Waals surface area contributed by atoms with E-state index in [1.54, 1.807) is 17.0 Å². The summed E-state index contributed by atoms with van der Waals surface area (Å²) < 4.78 is 13.2. The second-order valence-corrected chi connectivity index (χ2v) is 7.86. The number of nitrogens with zero attached hydrogens (tertiary/aromatic N) is 3. The van der Waals surface area contributed by atoms with Crippen LogP contribution in [0.15, 0.2) is 48.6 Å². The number of hydrogen-bond donors (Lipinski definition) is 0. The Morgan fingerprint density at radius 3 is 2.67 bits per heavy atom. The molecule has 144 valence electrons. The van der Waals surface area contributed by atoms with Crippen LogP contribution < -0.4 is 4.90 Å². The average molecular weight is 369 g/mol. The minimum Gasteiger partial charge on any atom is -0.291 e. The first-order chi connectivity index (χ1) is 13.1. The van der Waals surface area contributed by atoms with E-state index in [1.165, 1.54) is 18.6 Å². The zero-order valence-corrected chi connectivity index (χ0v) is 16.0. The molecule has 2 fully saturated rings. The Hall–Kier alpha value is -2.14. The summed E-state index contributed by atoms with van der Waals surface area (Å²) in [6.45, 7) is 5.47. The van der Waals surface area contributed by atoms with Crippen molar-refractivity contribution in [2.24, 2.45) is 11.3 Å². The Morgan fingerprint density at radius 1 is 1.15 bits per heavy atom. The number of carbonyl (C=O) groups is 1. The molecule has 27 heavy (non-hydrogen) atoms. The summed E-state index contributed by atoms with van der Waals surface area (Å²) in [6, 6.07) is 6.20. The molecular weight excluding hydrogens is 341 g/mol. The highest BCUT2D eigenvalue weighted by molar-refractivity contribution is 5.93. The van der Waals surface area contributed by atoms with Crippen LogP contribution in [0.2, 0.25) is 0 Å². The Kier molecular flexibility index (Phi) is 5.04. The van der Waals surface area contributed by atoms with Crippen LogP contribution in [0.3, 0.4) is 0 Å². The first-order valence-corrected chi connectivity index (χ1v) is 10.1. The van der Waals surface area contributed by atoms with Gasteiger partial charge >= 0.3 is 6.03 Å². The Labute approximate surface area is 160 Å². The molecule has 0 saturated carbocycles. The van der Waals surface area contributed by atoms with Crippen molar-refractivity contribution in [1.82, 2.24) is 10.0 Å². The quantitative estimate of drug-likeness (QED) is 0.775. The molecule has 3 aliphatic rings. The highest BCUT2D eigenvalue weighted by Crippen LogP contribution is 2.44. The molecule has 4 nitrogen and oxygen atoms in total. The molecule has 1 unspecified atom stereocenters. The van der Waals surface area contributed by atoms with Crippen LogP contribution in [0.1, 0.15) is 32.6 Å². The summed E-state index contributed by atoms with van der Waals surface area (Å²) in [5, 5.41) is 4.16. The summed E-state index contributed by atoms with van der Waals surface area (Å²) >= 11 is 0. The Morgan fingerprint density at radius 2 is 1.96 bits per heavy atom. The predicted molar refractivity (Wildman–Crippen MR) is 106 cm³/mol. The zero-order chi connectivity index (χ0) is 18.9. The number of anilines is 1. The summed E-state index contributed by atoms with van der Waals surface area (Å²) in [7, 11) is 0. The van der Waals surface area contributed by atoms with Gasteiger partial charge in [-0.05, 0) is 61.3 Å². The van der Waals surface area contributed by atoms with Gasteiger partial charge in [0.25, 0.3) is 0 Å². The van der Waals surface area contributed by atoms with Crippen molar-refractivity contribution in [2.45, 2.75) is 32.6 Å². The van der Waals surface area contributed by atoms with Gasteiger partial charge in [-0.15, -0.1) is 0 Å². The van der Waals surface area contributed by atoms with Gasteiger partial charge in [0, 0.05) is 25.3 Å². The summed E-state index contributed by atoms with van der Waals surface area (Å²) in [5.41, 5.74) is 0.982. The largest absolute Gasteiger partial charge is 0.339 e. The fourth-order valence-electron chi connectivity index (χ4n) is 4.83. The van der Waals surface area contributed by atoms with E-state index in [2.05, 4.69) is 36.2 Å². The van der Waals surface area contributed by atoms with Gasteiger partial charge < -0.3 is 0 Å². The molecule has 1 aromatic carbocycles. The van der Waals surface area contributed by atoms with Gasteiger partial charge in [-0.3, -0.25) is 9.91 Å². The van der Waals surface area contributed by atoms with Crippen molar-refractivity contribution in [3.05, 3.63) is 54.4 Å². The number of piperidine rings is 1. The number of rotatable bonds is 4. The molecular formula is C22H28FN3O. The highest BCUT2D eigenvalue weighted by Gasteiger charge is 2.41. The number of amides is 2. The molecule has 4 rings (SSSR count). The van der Waals surface area contributed by atoms with Crippen LogP contribution >= 0.6 is 0 Å². The maximum Gasteiger partial charge on any atom is 0.339 e. The summed E-state index contributed by atoms with van der Waals surface area (Å²) in [5.74, 6) is 0.283. The lowest BCUT2D eigenvalue weighted by molar-refractivity contribution is -0.0280. The highest BCUT2D eigenvalue weighted by atomic mass is 19.1. The maximum atomic E-state index is 13.2. The number of carbonyl (C=O) groups excluding carboxylic acids is 1. The third kappa shape index (κ3) is 3.41. The van der Waals surface area contributed by atoms with Crippen LogP contribution in [0.4, 0.5) is 14.9 Å². The van der Waals surface area contributed by atoms with Crippen molar-refractivity contribution >= 4 is 11.7 Å². The van der Waals surface area contributed by atoms with Crippen LogP contribution in [0, 0.1) is 17.2 Å². The van der Waals surface area contributed by atoms with Crippen molar-refractivity contribution in [3.8, 4) is 0 Å². The van der Waals surface area contributed by atoms with Gasteiger partial charge in [0.2, 0.25) is 0 Å². The Balaban J connectivity index is 1.47. The molecule has 2 saturated heterocycles. The fraction of sp³-hybridized carbons (Fsp3) is 0.500. The van der Waals surface area contributed by atoms with Gasteiger partial charge in [-0.25, -0.2) is 14.2 Å². The lowest BCUT2D eigenvalue weighted by Gasteiger charge is -2.46. The molecule has 0 N–H and O–H groups in total. The molecule has 0 aromatic heterocycles. The number of allylic oxidation sites excluding steroid dienone is 4. The standard InChI is InChI=1S/C22H28FN3O/c1-2-22(12-4-3-5-13-22)18-7-6-14-24(17-18)26-16-15-25(21(26)27)20-10-8-19(23)9-11-20/h3-5,8-12,18H,2,6-7,13-17H2,1H3/t18-,22?/m1/s1. The molecule has 2 aliphatic heterocycles. The van der Waals surface area contributed by atoms with E-state index in [0.717, 1.165) is 38.0 Å². The van der Waals surface area contributed by atoms with Crippen molar-refractivity contribution in [3.63, 3.8) is 0 Å². The monoisotopic (exact) mass is 369 g/mol. The zero-order valence-electron chi connectivity index (χ0n) is 16.0. The van der Waals surface area contributed by atoms with Crippen molar-refractivity contribution < 1.29 is 9.18 Å². The van der Waals surface area contributed by atoms with E-state index >= 15 is 0 Å². The molecule has 5 heteroatoms. The van der Waals surface area contributed by atoms with Gasteiger partial charge in [-0.1, -0.05) is 31.2 Å². The summed E-state index contributed by atoms with van der Waals surface area (Å²) in [6.07, 6.45) is 13.5. The third-order valence-electron chi connectivity index (χ3n) is 6.51. The third-order valence-corrected chi connectivity index (χ3v) is 6.51. The predicted octanol–water partition coefficient (Wildman–Crippen LogP) is 4.61. The normalized spacial score (nSPS) is 29.0. The summed E-state index contributed by atoms with van der Waals surface area (Å²) in [4.78, 5) is 14.8. The van der Waals surface area contributed by atoms with E-state index in [9.17, 15) is 9.18 Å². The van der Waals surface area contributed by atoms with E-state index in [0.29, 0.717) is 19.0 Å². The number of hydrazine groups is 1. The van der Waals surface area contributed by atoms with Gasteiger partial charge in [0.05, 0.1) is 6.54 Å². The van der Waals surface area contributed by atoms with Crippen LogP contribution in [0.5, 0.6) is 0 Å². The molecule has 0 bridgehead atoms. The lowest BCUT2D eigenvalue weighted by Crippen LogP contribution is -2.52. The number of halogens is 1. The average Bonchev–Trinajstić information content (AvgIpc) is 3.10. The molecule has 1 aromatic rings. The number of hydrogen-bond acceptors (Lipinski definition) is 2.